The molecule has 2 fully saturated rings. The van der Waals surface area contributed by atoms with E-state index in [0.29, 0.717) is 6.04 Å². The Morgan fingerprint density at radius 3 is 2.90 bits per heavy atom. The van der Waals surface area contributed by atoms with Gasteiger partial charge in [0.15, 0.2) is 0 Å². The average Bonchev–Trinajstić information content (AvgIpc) is 3.06. The van der Waals surface area contributed by atoms with Gasteiger partial charge < -0.3 is 0 Å². The van der Waals surface area contributed by atoms with Crippen molar-refractivity contribution in [3.05, 3.63) is 29.3 Å². The summed E-state index contributed by atoms with van der Waals surface area (Å²) in [7, 11) is 0. The fourth-order valence-corrected chi connectivity index (χ4v) is 5.23. The van der Waals surface area contributed by atoms with E-state index < -0.39 is 0 Å². The Kier molecular flexibility index (Phi) is 4.92. The molecular formula is C16H23ClN2S. The number of thioether (sulfide) groups is 1. The Morgan fingerprint density at radius 1 is 1.35 bits per heavy atom. The second-order valence-electron chi connectivity index (χ2n) is 6.30. The zero-order valence-electron chi connectivity index (χ0n) is 11.7. The highest BCUT2D eigenvalue weighted by Crippen LogP contribution is 2.50. The Hall–Kier alpha value is -0.220. The molecule has 20 heavy (non-hydrogen) atoms. The van der Waals surface area contributed by atoms with Gasteiger partial charge >= 0.3 is 0 Å². The van der Waals surface area contributed by atoms with Crippen molar-refractivity contribution in [3.63, 3.8) is 0 Å². The largest absolute Gasteiger partial charge is 0.271 e. The monoisotopic (exact) mass is 310 g/mol. The van der Waals surface area contributed by atoms with Crippen molar-refractivity contribution in [2.45, 2.75) is 43.0 Å². The quantitative estimate of drug-likeness (QED) is 0.472. The van der Waals surface area contributed by atoms with E-state index in [1.165, 1.54) is 37.0 Å². The molecular weight excluding hydrogens is 288 g/mol. The summed E-state index contributed by atoms with van der Waals surface area (Å²) in [6, 6.07) is 8.47. The van der Waals surface area contributed by atoms with Crippen LogP contribution < -0.4 is 11.3 Å². The van der Waals surface area contributed by atoms with Crippen LogP contribution in [0.3, 0.4) is 0 Å². The van der Waals surface area contributed by atoms with Gasteiger partial charge in [0, 0.05) is 21.7 Å². The second kappa shape index (κ2) is 6.69. The van der Waals surface area contributed by atoms with Crippen LogP contribution in [0.5, 0.6) is 0 Å². The third kappa shape index (κ3) is 3.51. The van der Waals surface area contributed by atoms with Gasteiger partial charge in [-0.15, -0.1) is 11.8 Å². The van der Waals surface area contributed by atoms with Crippen molar-refractivity contribution < 1.29 is 0 Å². The zero-order chi connectivity index (χ0) is 13.9. The van der Waals surface area contributed by atoms with Crippen LogP contribution in [-0.4, -0.2) is 11.8 Å². The molecule has 2 saturated carbocycles. The summed E-state index contributed by atoms with van der Waals surface area (Å²) in [5, 5.41) is 0.806. The van der Waals surface area contributed by atoms with Crippen molar-refractivity contribution in [2.24, 2.45) is 23.6 Å². The summed E-state index contributed by atoms with van der Waals surface area (Å²) in [6.45, 7) is 0. The highest BCUT2D eigenvalue weighted by atomic mass is 35.5. The third-order valence-electron chi connectivity index (χ3n) is 4.95. The summed E-state index contributed by atoms with van der Waals surface area (Å²) in [5.41, 5.74) is 3.02. The van der Waals surface area contributed by atoms with Crippen molar-refractivity contribution in [1.29, 1.82) is 0 Å². The van der Waals surface area contributed by atoms with Gasteiger partial charge in [0.25, 0.3) is 0 Å². The molecule has 1 aromatic carbocycles. The van der Waals surface area contributed by atoms with E-state index in [2.05, 4.69) is 11.5 Å². The lowest BCUT2D eigenvalue weighted by Crippen LogP contribution is -2.39. The van der Waals surface area contributed by atoms with Crippen LogP contribution in [0.25, 0.3) is 0 Å². The maximum Gasteiger partial charge on any atom is 0.0417 e. The average molecular weight is 311 g/mol. The zero-order valence-corrected chi connectivity index (χ0v) is 13.3. The summed E-state index contributed by atoms with van der Waals surface area (Å²) in [4.78, 5) is 1.23. The van der Waals surface area contributed by atoms with Crippen LogP contribution in [0.2, 0.25) is 5.02 Å². The first-order valence-electron chi connectivity index (χ1n) is 7.59. The van der Waals surface area contributed by atoms with E-state index >= 15 is 0 Å². The molecule has 3 N–H and O–H groups in total. The predicted molar refractivity (Wildman–Crippen MR) is 86.8 cm³/mol. The molecule has 2 bridgehead atoms. The van der Waals surface area contributed by atoms with Crippen LogP contribution in [0, 0.1) is 17.8 Å². The lowest BCUT2D eigenvalue weighted by Gasteiger charge is -2.26. The fourth-order valence-electron chi connectivity index (χ4n) is 3.97. The molecule has 4 atom stereocenters. The second-order valence-corrected chi connectivity index (χ2v) is 7.83. The molecule has 2 aliphatic rings. The van der Waals surface area contributed by atoms with Crippen LogP contribution in [0.15, 0.2) is 29.2 Å². The van der Waals surface area contributed by atoms with Gasteiger partial charge in [-0.25, -0.2) is 0 Å². The predicted octanol–water partition coefficient (Wildman–Crippen LogP) is 4.09. The van der Waals surface area contributed by atoms with Gasteiger partial charge in [-0.05, 0) is 61.6 Å². The molecule has 0 amide bonds. The molecule has 4 heteroatoms. The first kappa shape index (κ1) is 14.7. The fraction of sp³-hybridized carbons (Fsp3) is 0.625. The van der Waals surface area contributed by atoms with E-state index in [0.717, 1.165) is 28.5 Å². The van der Waals surface area contributed by atoms with Crippen LogP contribution in [0.4, 0.5) is 0 Å². The standard InChI is InChI=1S/C16H23ClN2S/c17-14-2-1-3-16(9-14)20-10-15(19-18)8-13-7-11-4-5-12(13)6-11/h1-3,9,11-13,15,19H,4-8,10,18H2. The van der Waals surface area contributed by atoms with E-state index in [4.69, 9.17) is 17.4 Å². The molecule has 0 radical (unpaired) electrons. The number of hydrazine groups is 1. The summed E-state index contributed by atoms with van der Waals surface area (Å²) in [6.07, 6.45) is 7.06. The van der Waals surface area contributed by atoms with Gasteiger partial charge in [-0.1, -0.05) is 24.1 Å². The van der Waals surface area contributed by atoms with Gasteiger partial charge in [0.05, 0.1) is 0 Å². The molecule has 0 aliphatic heterocycles. The lowest BCUT2D eigenvalue weighted by molar-refractivity contribution is 0.287. The van der Waals surface area contributed by atoms with Gasteiger partial charge in [0.1, 0.15) is 0 Å². The smallest absolute Gasteiger partial charge is 0.0417 e. The number of rotatable bonds is 6. The molecule has 3 rings (SSSR count). The maximum atomic E-state index is 6.02. The molecule has 2 aliphatic carbocycles. The van der Waals surface area contributed by atoms with Gasteiger partial charge in [-0.3, -0.25) is 11.3 Å². The number of nitrogens with one attached hydrogen (secondary N) is 1. The number of fused-ring (bicyclic) bond motifs is 2. The van der Waals surface area contributed by atoms with Gasteiger partial charge in [-0.2, -0.15) is 0 Å². The van der Waals surface area contributed by atoms with Crippen molar-refractivity contribution in [1.82, 2.24) is 5.43 Å². The van der Waals surface area contributed by atoms with Crippen LogP contribution in [-0.2, 0) is 0 Å². The number of nitrogens with two attached hydrogens (primary N) is 1. The molecule has 4 unspecified atom stereocenters. The van der Waals surface area contributed by atoms with Crippen molar-refractivity contribution >= 4 is 23.4 Å². The number of hydrogen-bond donors (Lipinski definition) is 2. The van der Waals surface area contributed by atoms with E-state index in [1.807, 2.05) is 30.0 Å². The first-order chi connectivity index (χ1) is 9.74. The Morgan fingerprint density at radius 2 is 2.25 bits per heavy atom. The van der Waals surface area contributed by atoms with E-state index in [-0.39, 0.29) is 0 Å². The Labute approximate surface area is 130 Å². The molecule has 0 spiro atoms. The minimum atomic E-state index is 0.406. The molecule has 0 saturated heterocycles. The number of benzene rings is 1. The summed E-state index contributed by atoms with van der Waals surface area (Å²) < 4.78 is 0. The minimum absolute atomic E-state index is 0.406. The minimum Gasteiger partial charge on any atom is -0.271 e. The highest BCUT2D eigenvalue weighted by Gasteiger charge is 2.39. The lowest BCUT2D eigenvalue weighted by atomic mass is 9.84. The first-order valence-corrected chi connectivity index (χ1v) is 8.95. The highest BCUT2D eigenvalue weighted by molar-refractivity contribution is 7.99. The third-order valence-corrected chi connectivity index (χ3v) is 6.35. The summed E-state index contributed by atoms with van der Waals surface area (Å²) in [5.74, 6) is 9.67. The normalized spacial score (nSPS) is 29.8. The Bertz CT molecular complexity index is 454. The number of hydrogen-bond acceptors (Lipinski definition) is 3. The van der Waals surface area contributed by atoms with Crippen molar-refractivity contribution in [3.8, 4) is 0 Å². The molecule has 110 valence electrons. The van der Waals surface area contributed by atoms with Crippen LogP contribution >= 0.6 is 23.4 Å². The molecule has 0 aromatic heterocycles. The maximum absolute atomic E-state index is 6.02. The van der Waals surface area contributed by atoms with Crippen molar-refractivity contribution in [2.75, 3.05) is 5.75 Å². The topological polar surface area (TPSA) is 38.0 Å². The Balaban J connectivity index is 1.50. The SMILES string of the molecule is NNC(CSc1cccc(Cl)c1)CC1CC2CCC1C2. The van der Waals surface area contributed by atoms with Gasteiger partial charge in [0.2, 0.25) is 0 Å². The molecule has 0 heterocycles. The molecule has 2 nitrogen and oxygen atoms in total. The number of halogens is 1. The molecule has 1 aromatic rings. The van der Waals surface area contributed by atoms with E-state index in [1.54, 1.807) is 0 Å². The summed E-state index contributed by atoms with van der Waals surface area (Å²) >= 11 is 7.86. The van der Waals surface area contributed by atoms with E-state index in [9.17, 15) is 0 Å². The van der Waals surface area contributed by atoms with Crippen LogP contribution in [0.1, 0.15) is 32.1 Å².